The number of hydrogen-bond acceptors (Lipinski definition) is 2. The molecule has 0 atom stereocenters. The van der Waals surface area contributed by atoms with Crippen molar-refractivity contribution < 1.29 is 9.18 Å². The first-order chi connectivity index (χ1) is 4.83. The largest absolute Gasteiger partial charge is 0.313 e. The van der Waals surface area contributed by atoms with Crippen LogP contribution >= 0.6 is 0 Å². The van der Waals surface area contributed by atoms with Crippen LogP contribution in [0.25, 0.3) is 0 Å². The Morgan fingerprint density at radius 1 is 1.70 bits per heavy atom. The van der Waals surface area contributed by atoms with Crippen molar-refractivity contribution >= 4 is 12.2 Å². The third-order valence-corrected chi connectivity index (χ3v) is 0.929. The monoisotopic (exact) mass is 140 g/mol. The summed E-state index contributed by atoms with van der Waals surface area (Å²) in [7, 11) is 0. The number of pyridine rings is 1. The highest BCUT2D eigenvalue weighted by Gasteiger charge is 1.91. The van der Waals surface area contributed by atoms with Gasteiger partial charge in [0.1, 0.15) is 11.6 Å². The van der Waals surface area contributed by atoms with Crippen LogP contribution in [0.4, 0.5) is 10.2 Å². The van der Waals surface area contributed by atoms with Crippen LogP contribution in [-0.2, 0) is 4.79 Å². The second kappa shape index (κ2) is 2.91. The second-order valence-electron chi connectivity index (χ2n) is 1.62. The van der Waals surface area contributed by atoms with Crippen molar-refractivity contribution in [3.8, 4) is 0 Å². The molecule has 1 rings (SSSR count). The van der Waals surface area contributed by atoms with Gasteiger partial charge in [-0.3, -0.25) is 4.79 Å². The number of carbonyl (C=O) groups is 1. The van der Waals surface area contributed by atoms with Crippen LogP contribution in [0.1, 0.15) is 0 Å². The summed E-state index contributed by atoms with van der Waals surface area (Å²) < 4.78 is 12.3. The van der Waals surface area contributed by atoms with Gasteiger partial charge in [-0.15, -0.1) is 0 Å². The van der Waals surface area contributed by atoms with Gasteiger partial charge in [0.2, 0.25) is 6.41 Å². The quantitative estimate of drug-likeness (QED) is 0.617. The zero-order valence-electron chi connectivity index (χ0n) is 5.04. The molecule has 0 unspecified atom stereocenters. The van der Waals surface area contributed by atoms with Crippen LogP contribution in [0.5, 0.6) is 0 Å². The molecule has 0 aliphatic carbocycles. The molecule has 0 spiro atoms. The van der Waals surface area contributed by atoms with Gasteiger partial charge < -0.3 is 5.32 Å². The Balaban J connectivity index is 2.84. The molecule has 0 aliphatic rings. The number of aromatic nitrogens is 1. The van der Waals surface area contributed by atoms with Crippen molar-refractivity contribution in [3.05, 3.63) is 24.1 Å². The van der Waals surface area contributed by atoms with E-state index in [0.29, 0.717) is 6.41 Å². The van der Waals surface area contributed by atoms with Gasteiger partial charge in [-0.1, -0.05) is 0 Å². The van der Waals surface area contributed by atoms with Crippen molar-refractivity contribution in [2.75, 3.05) is 5.32 Å². The van der Waals surface area contributed by atoms with Gasteiger partial charge in [-0.2, -0.15) is 0 Å². The first kappa shape index (κ1) is 6.67. The first-order valence-electron chi connectivity index (χ1n) is 2.64. The molecule has 1 aromatic rings. The molecule has 1 N–H and O–H groups in total. The Morgan fingerprint density at radius 2 is 2.50 bits per heavy atom. The van der Waals surface area contributed by atoms with Crippen molar-refractivity contribution in [3.63, 3.8) is 0 Å². The van der Waals surface area contributed by atoms with Crippen molar-refractivity contribution in [1.29, 1.82) is 0 Å². The zero-order valence-corrected chi connectivity index (χ0v) is 5.04. The average molecular weight is 140 g/mol. The summed E-state index contributed by atoms with van der Waals surface area (Å²) in [5, 5.41) is 2.22. The summed E-state index contributed by atoms with van der Waals surface area (Å²) in [5.41, 5.74) is 0. The summed E-state index contributed by atoms with van der Waals surface area (Å²) in [5.74, 6) is -0.200. The number of carbonyl (C=O) groups excluding carboxylic acids is 1. The Kier molecular flexibility index (Phi) is 1.94. The molecule has 0 aromatic carbocycles. The number of halogens is 1. The van der Waals surface area contributed by atoms with Crippen LogP contribution in [0.15, 0.2) is 18.3 Å². The third kappa shape index (κ3) is 1.51. The van der Waals surface area contributed by atoms with E-state index >= 15 is 0 Å². The minimum atomic E-state index is -0.417. The van der Waals surface area contributed by atoms with E-state index in [2.05, 4.69) is 10.3 Å². The highest BCUT2D eigenvalue weighted by atomic mass is 19.1. The van der Waals surface area contributed by atoms with Crippen molar-refractivity contribution in [1.82, 2.24) is 4.98 Å². The van der Waals surface area contributed by atoms with E-state index in [1.807, 2.05) is 0 Å². The minimum absolute atomic E-state index is 0.218. The van der Waals surface area contributed by atoms with Gasteiger partial charge >= 0.3 is 0 Å². The van der Waals surface area contributed by atoms with E-state index < -0.39 is 5.82 Å². The van der Waals surface area contributed by atoms with Gasteiger partial charge in [0.05, 0.1) is 0 Å². The number of nitrogens with zero attached hydrogens (tertiary/aromatic N) is 1. The number of nitrogens with one attached hydrogen (secondary N) is 1. The van der Waals surface area contributed by atoms with Gasteiger partial charge in [-0.05, 0) is 6.07 Å². The van der Waals surface area contributed by atoms with E-state index in [-0.39, 0.29) is 5.82 Å². The fraction of sp³-hybridized carbons (Fsp3) is 0. The maximum Gasteiger partial charge on any atom is 0.212 e. The third-order valence-electron chi connectivity index (χ3n) is 0.929. The fourth-order valence-electron chi connectivity index (χ4n) is 0.544. The predicted molar refractivity (Wildman–Crippen MR) is 33.9 cm³/mol. The Hall–Kier alpha value is -1.45. The van der Waals surface area contributed by atoms with Crippen LogP contribution in [0.2, 0.25) is 0 Å². The minimum Gasteiger partial charge on any atom is -0.313 e. The number of rotatable bonds is 2. The van der Waals surface area contributed by atoms with E-state index in [1.165, 1.54) is 12.3 Å². The molecule has 1 aromatic heterocycles. The van der Waals surface area contributed by atoms with E-state index in [9.17, 15) is 9.18 Å². The van der Waals surface area contributed by atoms with E-state index in [4.69, 9.17) is 0 Å². The second-order valence-corrected chi connectivity index (χ2v) is 1.62. The van der Waals surface area contributed by atoms with Crippen molar-refractivity contribution in [2.24, 2.45) is 0 Å². The predicted octanol–water partition coefficient (Wildman–Crippen LogP) is 0.789. The molecule has 0 aliphatic heterocycles. The number of amides is 1. The summed E-state index contributed by atoms with van der Waals surface area (Å²) in [4.78, 5) is 13.5. The maximum absolute atomic E-state index is 12.3. The van der Waals surface area contributed by atoms with Gasteiger partial charge in [0.25, 0.3) is 0 Å². The van der Waals surface area contributed by atoms with Crippen LogP contribution in [0, 0.1) is 5.82 Å². The molecule has 0 fully saturated rings. The Morgan fingerprint density at radius 3 is 3.10 bits per heavy atom. The molecule has 0 saturated heterocycles. The normalized spacial score (nSPS) is 8.90. The summed E-state index contributed by atoms with van der Waals surface area (Å²) in [6.07, 6.45) is 1.73. The van der Waals surface area contributed by atoms with Crippen LogP contribution in [-0.4, -0.2) is 11.4 Å². The van der Waals surface area contributed by atoms with Gasteiger partial charge in [0.15, 0.2) is 0 Å². The molecule has 0 radical (unpaired) electrons. The highest BCUT2D eigenvalue weighted by molar-refractivity contribution is 5.68. The molecular formula is C6H5FN2O. The summed E-state index contributed by atoms with van der Waals surface area (Å²) >= 11 is 0. The SMILES string of the molecule is O=CNc1cc(F)ccn1. The average Bonchev–Trinajstić information content (AvgIpc) is 1.88. The molecule has 52 valence electrons. The lowest BCUT2D eigenvalue weighted by Crippen LogP contribution is -1.96. The maximum atomic E-state index is 12.3. The molecule has 1 amide bonds. The Labute approximate surface area is 56.9 Å². The smallest absolute Gasteiger partial charge is 0.212 e. The molecule has 0 bridgehead atoms. The number of anilines is 1. The molecule has 4 heteroatoms. The lowest BCUT2D eigenvalue weighted by atomic mass is 10.4. The molecule has 3 nitrogen and oxygen atoms in total. The lowest BCUT2D eigenvalue weighted by molar-refractivity contribution is -0.105. The highest BCUT2D eigenvalue weighted by Crippen LogP contribution is 2.02. The van der Waals surface area contributed by atoms with Gasteiger partial charge in [0, 0.05) is 12.3 Å². The molecular weight excluding hydrogens is 135 g/mol. The van der Waals surface area contributed by atoms with Crippen LogP contribution < -0.4 is 5.32 Å². The zero-order chi connectivity index (χ0) is 7.40. The Bertz CT molecular complexity index is 239. The van der Waals surface area contributed by atoms with E-state index in [1.54, 1.807) is 0 Å². The first-order valence-corrected chi connectivity index (χ1v) is 2.64. The van der Waals surface area contributed by atoms with Crippen molar-refractivity contribution in [2.45, 2.75) is 0 Å². The van der Waals surface area contributed by atoms with E-state index in [0.717, 1.165) is 6.07 Å². The van der Waals surface area contributed by atoms with Crippen LogP contribution in [0.3, 0.4) is 0 Å². The fourth-order valence-corrected chi connectivity index (χ4v) is 0.544. The summed E-state index contributed by atoms with van der Waals surface area (Å²) in [6, 6.07) is 2.34. The number of hydrogen-bond donors (Lipinski definition) is 1. The lowest BCUT2D eigenvalue weighted by Gasteiger charge is -1.94. The topological polar surface area (TPSA) is 42.0 Å². The molecule has 1 heterocycles. The molecule has 0 saturated carbocycles. The molecule has 10 heavy (non-hydrogen) atoms. The standard InChI is InChI=1S/C6H5FN2O/c7-5-1-2-8-6(3-5)9-4-10/h1-4H,(H,8,9,10). The summed E-state index contributed by atoms with van der Waals surface area (Å²) in [6.45, 7) is 0. The van der Waals surface area contributed by atoms with Gasteiger partial charge in [-0.25, -0.2) is 9.37 Å².